The van der Waals surface area contributed by atoms with Crippen LogP contribution in [0, 0.1) is 0 Å². The van der Waals surface area contributed by atoms with Crippen LogP contribution in [0.2, 0.25) is 0 Å². The number of fused-ring (bicyclic) bond motifs is 1. The molecule has 0 aliphatic carbocycles. The number of carbonyl (C=O) groups excluding carboxylic acids is 3. The van der Waals surface area contributed by atoms with E-state index in [2.05, 4.69) is 15.4 Å². The second kappa shape index (κ2) is 8.07. The number of thiazole rings is 1. The Morgan fingerprint density at radius 3 is 2.90 bits per heavy atom. The summed E-state index contributed by atoms with van der Waals surface area (Å²) in [6, 6.07) is 6.66. The molecular formula is C20H19N5O4S. The Labute approximate surface area is 176 Å². The minimum absolute atomic E-state index is 0.132. The highest BCUT2D eigenvalue weighted by molar-refractivity contribution is 7.13. The molecule has 9 nitrogen and oxygen atoms in total. The molecule has 0 saturated heterocycles. The molecular weight excluding hydrogens is 406 g/mol. The Hall–Kier alpha value is -3.53. The van der Waals surface area contributed by atoms with Crippen molar-refractivity contribution in [3.8, 4) is 10.6 Å². The van der Waals surface area contributed by atoms with Crippen molar-refractivity contribution in [1.29, 1.82) is 0 Å². The highest BCUT2D eigenvalue weighted by atomic mass is 32.1. The number of amides is 2. The van der Waals surface area contributed by atoms with Gasteiger partial charge in [-0.05, 0) is 19.1 Å². The van der Waals surface area contributed by atoms with E-state index in [1.165, 1.54) is 16.2 Å². The maximum absolute atomic E-state index is 12.9. The average Bonchev–Trinajstić information content (AvgIpc) is 3.34. The molecule has 4 rings (SSSR count). The third kappa shape index (κ3) is 3.94. The van der Waals surface area contributed by atoms with Gasteiger partial charge in [-0.2, -0.15) is 5.10 Å². The highest BCUT2D eigenvalue weighted by Crippen LogP contribution is 2.31. The third-order valence-corrected chi connectivity index (χ3v) is 5.51. The van der Waals surface area contributed by atoms with Crippen molar-refractivity contribution in [2.75, 3.05) is 16.8 Å². The molecule has 1 N–H and O–H groups in total. The van der Waals surface area contributed by atoms with E-state index in [-0.39, 0.29) is 24.1 Å². The fraction of sp³-hybridized carbons (Fsp3) is 0.250. The van der Waals surface area contributed by atoms with E-state index in [1.54, 1.807) is 60.7 Å². The maximum Gasteiger partial charge on any atom is 0.358 e. The summed E-state index contributed by atoms with van der Waals surface area (Å²) in [5.41, 5.74) is 2.05. The van der Waals surface area contributed by atoms with Crippen LogP contribution in [0.5, 0.6) is 0 Å². The number of aromatic nitrogens is 3. The van der Waals surface area contributed by atoms with E-state index in [1.807, 2.05) is 0 Å². The van der Waals surface area contributed by atoms with Crippen LogP contribution in [0.25, 0.3) is 10.6 Å². The molecule has 0 saturated carbocycles. The first-order valence-electron chi connectivity index (χ1n) is 9.25. The largest absolute Gasteiger partial charge is 0.451 e. The zero-order valence-corrected chi connectivity index (χ0v) is 17.2. The number of hydrogen-bond donors (Lipinski definition) is 1. The van der Waals surface area contributed by atoms with Crippen LogP contribution in [0.15, 0.2) is 42.0 Å². The minimum Gasteiger partial charge on any atom is -0.451 e. The van der Waals surface area contributed by atoms with Crippen LogP contribution in [0.3, 0.4) is 0 Å². The number of rotatable bonds is 4. The number of benzene rings is 1. The van der Waals surface area contributed by atoms with Crippen molar-refractivity contribution in [3.05, 3.63) is 47.7 Å². The first-order chi connectivity index (χ1) is 14.4. The summed E-state index contributed by atoms with van der Waals surface area (Å²) in [6.07, 6.45) is 3.60. The first kappa shape index (κ1) is 19.8. The number of anilines is 2. The summed E-state index contributed by atoms with van der Waals surface area (Å²) in [5.74, 6) is -1.27. The second-order valence-corrected chi connectivity index (χ2v) is 7.76. The van der Waals surface area contributed by atoms with Gasteiger partial charge in [0, 0.05) is 36.7 Å². The van der Waals surface area contributed by atoms with Gasteiger partial charge in [0.15, 0.2) is 12.3 Å². The third-order valence-electron chi connectivity index (χ3n) is 4.62. The van der Waals surface area contributed by atoms with Crippen molar-refractivity contribution < 1.29 is 19.1 Å². The van der Waals surface area contributed by atoms with Crippen LogP contribution < -0.4 is 10.2 Å². The van der Waals surface area contributed by atoms with Crippen molar-refractivity contribution in [3.63, 3.8) is 0 Å². The number of ether oxygens (including phenoxy) is 1. The first-order valence-corrected chi connectivity index (χ1v) is 10.1. The van der Waals surface area contributed by atoms with Crippen LogP contribution in [-0.2, 0) is 21.4 Å². The van der Waals surface area contributed by atoms with E-state index in [4.69, 9.17) is 4.74 Å². The normalized spacial score (nSPS) is 15.9. The van der Waals surface area contributed by atoms with Gasteiger partial charge in [0.1, 0.15) is 5.01 Å². The van der Waals surface area contributed by atoms with Gasteiger partial charge in [-0.15, -0.1) is 11.3 Å². The lowest BCUT2D eigenvalue weighted by Crippen LogP contribution is -2.41. The highest BCUT2D eigenvalue weighted by Gasteiger charge is 2.30. The topological polar surface area (TPSA) is 106 Å². The van der Waals surface area contributed by atoms with Gasteiger partial charge in [0.25, 0.3) is 5.91 Å². The molecule has 3 heterocycles. The molecule has 1 atom stereocenters. The molecule has 3 aromatic rings. The number of para-hydroxylation sites is 2. The van der Waals surface area contributed by atoms with Crippen molar-refractivity contribution in [2.45, 2.75) is 19.4 Å². The molecule has 1 aliphatic rings. The number of nitrogens with one attached hydrogen (secondary N) is 1. The molecule has 1 aliphatic heterocycles. The summed E-state index contributed by atoms with van der Waals surface area (Å²) < 4.78 is 6.86. The maximum atomic E-state index is 12.9. The van der Waals surface area contributed by atoms with E-state index in [0.29, 0.717) is 16.4 Å². The summed E-state index contributed by atoms with van der Waals surface area (Å²) in [7, 11) is 1.79. The summed E-state index contributed by atoms with van der Waals surface area (Å²) in [6.45, 7) is 1.33. The van der Waals surface area contributed by atoms with Crippen LogP contribution >= 0.6 is 11.3 Å². The van der Waals surface area contributed by atoms with Gasteiger partial charge in [0.2, 0.25) is 5.91 Å². The molecule has 154 valence electrons. The Bertz CT molecular complexity index is 1120. The molecule has 0 radical (unpaired) electrons. The molecule has 0 bridgehead atoms. The van der Waals surface area contributed by atoms with Crippen LogP contribution in [0.1, 0.15) is 23.8 Å². The number of nitrogens with zero attached hydrogens (tertiary/aromatic N) is 4. The second-order valence-electron chi connectivity index (χ2n) is 6.90. The SMILES string of the molecule is CC1CC(=O)Nc2ccccc2N1C(=O)COC(=O)c1csc(-c2cnn(C)c2)n1. The molecule has 0 spiro atoms. The Morgan fingerprint density at radius 1 is 1.33 bits per heavy atom. The van der Waals surface area contributed by atoms with E-state index < -0.39 is 18.5 Å². The van der Waals surface area contributed by atoms with Gasteiger partial charge in [-0.1, -0.05) is 12.1 Å². The molecule has 1 aromatic carbocycles. The smallest absolute Gasteiger partial charge is 0.358 e. The molecule has 2 aromatic heterocycles. The summed E-state index contributed by atoms with van der Waals surface area (Å²) in [5, 5.41) is 9.10. The van der Waals surface area contributed by atoms with Gasteiger partial charge in [0.05, 0.1) is 17.6 Å². The van der Waals surface area contributed by atoms with Crippen LogP contribution in [0.4, 0.5) is 11.4 Å². The van der Waals surface area contributed by atoms with Gasteiger partial charge < -0.3 is 15.0 Å². The zero-order chi connectivity index (χ0) is 21.3. The van der Waals surface area contributed by atoms with E-state index in [0.717, 1.165) is 5.56 Å². The predicted molar refractivity (Wildman–Crippen MR) is 111 cm³/mol. The summed E-state index contributed by atoms with van der Waals surface area (Å²) >= 11 is 1.29. The Kier molecular flexibility index (Phi) is 5.32. The number of hydrogen-bond acceptors (Lipinski definition) is 7. The van der Waals surface area contributed by atoms with E-state index in [9.17, 15) is 14.4 Å². The lowest BCUT2D eigenvalue weighted by Gasteiger charge is -2.27. The number of carbonyl (C=O) groups is 3. The van der Waals surface area contributed by atoms with Crippen molar-refractivity contribution in [2.24, 2.45) is 7.05 Å². The number of esters is 1. The van der Waals surface area contributed by atoms with Gasteiger partial charge in [-0.25, -0.2) is 9.78 Å². The number of aryl methyl sites for hydroxylation is 1. The van der Waals surface area contributed by atoms with Gasteiger partial charge >= 0.3 is 5.97 Å². The standard InChI is InChI=1S/C20H19N5O4S/c1-12-7-17(26)22-14-5-3-4-6-16(14)25(12)18(27)10-29-20(28)15-11-30-19(23-15)13-8-21-24(2)9-13/h3-6,8-9,11-12H,7,10H2,1-2H3,(H,22,26). The fourth-order valence-electron chi connectivity index (χ4n) is 3.27. The monoisotopic (exact) mass is 425 g/mol. The molecule has 1 unspecified atom stereocenters. The van der Waals surface area contributed by atoms with Crippen molar-refractivity contribution in [1.82, 2.24) is 14.8 Å². The van der Waals surface area contributed by atoms with Crippen molar-refractivity contribution >= 4 is 40.5 Å². The minimum atomic E-state index is -0.681. The molecule has 10 heteroatoms. The molecule has 0 fully saturated rings. The lowest BCUT2D eigenvalue weighted by molar-refractivity contribution is -0.122. The average molecular weight is 425 g/mol. The van der Waals surface area contributed by atoms with E-state index >= 15 is 0 Å². The molecule has 30 heavy (non-hydrogen) atoms. The Morgan fingerprint density at radius 2 is 2.13 bits per heavy atom. The molecule has 2 amide bonds. The fourth-order valence-corrected chi connectivity index (χ4v) is 4.04. The lowest BCUT2D eigenvalue weighted by atomic mass is 10.1. The van der Waals surface area contributed by atoms with Gasteiger partial charge in [-0.3, -0.25) is 14.3 Å². The predicted octanol–water partition coefficient (Wildman–Crippen LogP) is 2.46. The Balaban J connectivity index is 1.46. The zero-order valence-electron chi connectivity index (χ0n) is 16.4. The van der Waals surface area contributed by atoms with Crippen LogP contribution in [-0.4, -0.2) is 45.2 Å². The quantitative estimate of drug-likeness (QED) is 0.644. The summed E-state index contributed by atoms with van der Waals surface area (Å²) in [4.78, 5) is 43.1.